The zero-order valence-electron chi connectivity index (χ0n) is 9.33. The van der Waals surface area contributed by atoms with Crippen molar-refractivity contribution in [3.8, 4) is 0 Å². The quantitative estimate of drug-likeness (QED) is 0.833. The molecule has 0 radical (unpaired) electrons. The molecule has 0 aromatic heterocycles. The second kappa shape index (κ2) is 4.31. The summed E-state index contributed by atoms with van der Waals surface area (Å²) in [5.41, 5.74) is 2.65. The highest BCUT2D eigenvalue weighted by Gasteiger charge is 2.16. The number of benzene rings is 1. The van der Waals surface area contributed by atoms with E-state index >= 15 is 0 Å². The molecule has 0 fully saturated rings. The van der Waals surface area contributed by atoms with Crippen molar-refractivity contribution in [1.29, 1.82) is 0 Å². The Labute approximate surface area is 108 Å². The summed E-state index contributed by atoms with van der Waals surface area (Å²) in [5, 5.41) is 12.0. The van der Waals surface area contributed by atoms with E-state index in [0.29, 0.717) is 11.3 Å². The zero-order valence-corrected chi connectivity index (χ0v) is 10.1. The number of thioether (sulfide) groups is 1. The van der Waals surface area contributed by atoms with Crippen LogP contribution in [0.4, 0.5) is 5.69 Å². The van der Waals surface area contributed by atoms with Crippen molar-refractivity contribution < 1.29 is 9.90 Å². The van der Waals surface area contributed by atoms with Gasteiger partial charge in [0.15, 0.2) is 0 Å². The summed E-state index contributed by atoms with van der Waals surface area (Å²) in [7, 11) is 0. The summed E-state index contributed by atoms with van der Waals surface area (Å²) < 4.78 is 0. The van der Waals surface area contributed by atoms with E-state index in [4.69, 9.17) is 0 Å². The van der Waals surface area contributed by atoms with Gasteiger partial charge in [-0.05, 0) is 17.5 Å². The molecule has 0 bridgehead atoms. The van der Waals surface area contributed by atoms with E-state index in [1.807, 2.05) is 35.8 Å². The largest absolute Gasteiger partial charge is 0.478 e. The van der Waals surface area contributed by atoms with E-state index < -0.39 is 5.97 Å². The minimum absolute atomic E-state index is 0.283. The number of hydrogen-bond donors (Lipinski definition) is 1. The highest BCUT2D eigenvalue weighted by molar-refractivity contribution is 8.17. The first-order valence-electron chi connectivity index (χ1n) is 5.42. The summed E-state index contributed by atoms with van der Waals surface area (Å²) in [6.07, 6.45) is 7.66. The fourth-order valence-corrected chi connectivity index (χ4v) is 2.61. The molecule has 3 rings (SSSR count). The van der Waals surface area contributed by atoms with Crippen molar-refractivity contribution >= 4 is 34.5 Å². The minimum Gasteiger partial charge on any atom is -0.478 e. The van der Waals surface area contributed by atoms with Crippen LogP contribution in [0, 0.1) is 0 Å². The van der Waals surface area contributed by atoms with Gasteiger partial charge in [0.1, 0.15) is 5.04 Å². The molecule has 2 heterocycles. The third-order valence-corrected chi connectivity index (χ3v) is 3.59. The van der Waals surface area contributed by atoms with E-state index in [1.165, 1.54) is 0 Å². The molecule has 4 heteroatoms. The molecule has 2 aliphatic rings. The molecule has 0 atom stereocenters. The average molecular weight is 255 g/mol. The van der Waals surface area contributed by atoms with Gasteiger partial charge in [-0.1, -0.05) is 42.1 Å². The van der Waals surface area contributed by atoms with Crippen LogP contribution in [0.1, 0.15) is 15.9 Å². The van der Waals surface area contributed by atoms with Crippen LogP contribution in [0.25, 0.3) is 6.08 Å². The third kappa shape index (κ3) is 1.80. The highest BCUT2D eigenvalue weighted by atomic mass is 32.2. The Hall–Kier alpha value is -2.07. The molecule has 1 aromatic carbocycles. The summed E-state index contributed by atoms with van der Waals surface area (Å²) in [4.78, 5) is 15.7. The molecule has 0 unspecified atom stereocenters. The maximum Gasteiger partial charge on any atom is 0.336 e. The van der Waals surface area contributed by atoms with Gasteiger partial charge in [-0.2, -0.15) is 0 Å². The van der Waals surface area contributed by atoms with Crippen molar-refractivity contribution in [1.82, 2.24) is 0 Å². The van der Waals surface area contributed by atoms with Gasteiger partial charge in [0.25, 0.3) is 0 Å². The van der Waals surface area contributed by atoms with Gasteiger partial charge in [-0.25, -0.2) is 9.79 Å². The summed E-state index contributed by atoms with van der Waals surface area (Å²) in [6.45, 7) is 0. The van der Waals surface area contributed by atoms with Crippen molar-refractivity contribution in [2.45, 2.75) is 0 Å². The summed E-state index contributed by atoms with van der Waals surface area (Å²) in [6, 6.07) is 5.15. The smallest absolute Gasteiger partial charge is 0.336 e. The van der Waals surface area contributed by atoms with Gasteiger partial charge in [-0.15, -0.1) is 0 Å². The maximum atomic E-state index is 11.2. The minimum atomic E-state index is -0.929. The molecule has 0 amide bonds. The first kappa shape index (κ1) is 11.0. The third-order valence-electron chi connectivity index (χ3n) is 2.75. The molecule has 3 nitrogen and oxygen atoms in total. The first-order valence-corrected chi connectivity index (χ1v) is 6.30. The van der Waals surface area contributed by atoms with Crippen LogP contribution in [0.2, 0.25) is 0 Å². The number of carboxylic acid groups (broad SMARTS) is 1. The SMILES string of the molecule is O=C(O)c1cccc2c1C=CC1=CC=CSC1=N2. The van der Waals surface area contributed by atoms with Crippen LogP contribution in [0.15, 0.2) is 52.4 Å². The number of allylic oxidation sites excluding steroid dienone is 3. The van der Waals surface area contributed by atoms with Crippen molar-refractivity contribution in [3.05, 3.63) is 58.5 Å². The van der Waals surface area contributed by atoms with Crippen LogP contribution in [0.3, 0.4) is 0 Å². The molecule has 1 N–H and O–H groups in total. The Morgan fingerprint density at radius 1 is 1.28 bits per heavy atom. The fourth-order valence-electron chi connectivity index (χ4n) is 1.90. The predicted octanol–water partition coefficient (Wildman–Crippen LogP) is 3.63. The van der Waals surface area contributed by atoms with E-state index in [9.17, 15) is 9.90 Å². The Morgan fingerprint density at radius 3 is 3.00 bits per heavy atom. The van der Waals surface area contributed by atoms with Crippen LogP contribution in [0.5, 0.6) is 0 Å². The lowest BCUT2D eigenvalue weighted by Crippen LogP contribution is -1.99. The van der Waals surface area contributed by atoms with E-state index in [2.05, 4.69) is 4.99 Å². The van der Waals surface area contributed by atoms with Crippen LogP contribution in [-0.2, 0) is 0 Å². The van der Waals surface area contributed by atoms with E-state index in [0.717, 1.165) is 10.6 Å². The second-order valence-corrected chi connectivity index (χ2v) is 4.76. The Morgan fingerprint density at radius 2 is 2.17 bits per heavy atom. The van der Waals surface area contributed by atoms with Crippen LogP contribution >= 0.6 is 11.8 Å². The molecule has 2 aliphatic heterocycles. The molecule has 0 aliphatic carbocycles. The topological polar surface area (TPSA) is 49.7 Å². The lowest BCUT2D eigenvalue weighted by molar-refractivity contribution is 0.0696. The van der Waals surface area contributed by atoms with E-state index in [1.54, 1.807) is 23.9 Å². The van der Waals surface area contributed by atoms with Crippen LogP contribution < -0.4 is 0 Å². The van der Waals surface area contributed by atoms with E-state index in [-0.39, 0.29) is 5.56 Å². The highest BCUT2D eigenvalue weighted by Crippen LogP contribution is 2.32. The number of hydrogen-bond acceptors (Lipinski definition) is 3. The van der Waals surface area contributed by atoms with Crippen molar-refractivity contribution in [2.24, 2.45) is 4.99 Å². The number of aliphatic imine (C=N–C) groups is 1. The molecule has 0 saturated heterocycles. The molecule has 0 spiro atoms. The number of nitrogens with zero attached hydrogens (tertiary/aromatic N) is 1. The number of rotatable bonds is 1. The Kier molecular flexibility index (Phi) is 2.64. The molecular formula is C14H9NO2S. The molecule has 18 heavy (non-hydrogen) atoms. The lowest BCUT2D eigenvalue weighted by atomic mass is 10.0. The summed E-state index contributed by atoms with van der Waals surface area (Å²) >= 11 is 1.54. The number of aromatic carboxylic acids is 1. The van der Waals surface area contributed by atoms with Gasteiger partial charge in [-0.3, -0.25) is 0 Å². The number of carboxylic acids is 1. The van der Waals surface area contributed by atoms with Gasteiger partial charge in [0, 0.05) is 11.1 Å². The predicted molar refractivity (Wildman–Crippen MR) is 74.3 cm³/mol. The monoisotopic (exact) mass is 255 g/mol. The van der Waals surface area contributed by atoms with Gasteiger partial charge >= 0.3 is 5.97 Å². The average Bonchev–Trinajstić information content (AvgIpc) is 2.56. The van der Waals surface area contributed by atoms with Gasteiger partial charge in [0.05, 0.1) is 11.3 Å². The molecule has 1 aromatic rings. The van der Waals surface area contributed by atoms with Crippen LogP contribution in [-0.4, -0.2) is 16.1 Å². The molecule has 0 saturated carbocycles. The Bertz CT molecular complexity index is 654. The van der Waals surface area contributed by atoms with Crippen molar-refractivity contribution in [3.63, 3.8) is 0 Å². The molecular weight excluding hydrogens is 246 g/mol. The van der Waals surface area contributed by atoms with Crippen molar-refractivity contribution in [2.75, 3.05) is 0 Å². The standard InChI is InChI=1S/C14H9NO2S/c16-14(17)11-4-1-5-12-10(11)7-6-9-3-2-8-18-13(9)15-12/h1-8H,(H,16,17). The summed E-state index contributed by atoms with van der Waals surface area (Å²) in [5.74, 6) is -0.929. The maximum absolute atomic E-state index is 11.2. The number of fused-ring (bicyclic) bond motifs is 2. The normalized spacial score (nSPS) is 16.2. The molecule has 88 valence electrons. The lowest BCUT2D eigenvalue weighted by Gasteiger charge is -2.06. The fraction of sp³-hybridized carbons (Fsp3) is 0. The zero-order chi connectivity index (χ0) is 12.5. The first-order chi connectivity index (χ1) is 8.75. The Balaban J connectivity index is 2.22. The second-order valence-electron chi connectivity index (χ2n) is 3.86. The van der Waals surface area contributed by atoms with Gasteiger partial charge < -0.3 is 5.11 Å². The van der Waals surface area contributed by atoms with Gasteiger partial charge in [0.2, 0.25) is 0 Å². The number of carbonyl (C=O) groups is 1.